The van der Waals surface area contributed by atoms with Gasteiger partial charge < -0.3 is 14.7 Å². The lowest BCUT2D eigenvalue weighted by Crippen LogP contribution is -2.38. The Morgan fingerprint density at radius 2 is 1.84 bits per heavy atom. The van der Waals surface area contributed by atoms with Crippen LogP contribution in [0.1, 0.15) is 43.0 Å². The molecule has 0 unspecified atom stereocenters. The molecule has 0 radical (unpaired) electrons. The van der Waals surface area contributed by atoms with Crippen LogP contribution in [0.2, 0.25) is 0 Å². The molecule has 1 aliphatic heterocycles. The predicted molar refractivity (Wildman–Crippen MR) is 117 cm³/mol. The van der Waals surface area contributed by atoms with E-state index in [1.165, 1.54) is 4.90 Å². The number of aliphatic carboxylic acids is 1. The summed E-state index contributed by atoms with van der Waals surface area (Å²) in [6, 6.07) is 1.75. The number of nitrogens with zero attached hydrogens (tertiary/aromatic N) is 3. The van der Waals surface area contributed by atoms with E-state index in [1.807, 2.05) is 0 Å². The third kappa shape index (κ3) is 5.50. The van der Waals surface area contributed by atoms with E-state index >= 15 is 0 Å². The van der Waals surface area contributed by atoms with Crippen LogP contribution in [0, 0.1) is 6.92 Å². The highest BCUT2D eigenvalue weighted by Gasteiger charge is 2.48. The summed E-state index contributed by atoms with van der Waals surface area (Å²) in [5.41, 5.74) is -1.11. The first-order chi connectivity index (χ1) is 17.1. The molecule has 1 saturated carbocycles. The van der Waals surface area contributed by atoms with Crippen LogP contribution in [-0.2, 0) is 20.8 Å². The smallest absolute Gasteiger partial charge is 0.422 e. The van der Waals surface area contributed by atoms with E-state index in [4.69, 9.17) is 0 Å². The molecule has 1 N–H and O–H groups in total. The Bertz CT molecular complexity index is 1290. The van der Waals surface area contributed by atoms with Gasteiger partial charge in [0.1, 0.15) is 17.6 Å². The Hall–Kier alpha value is -2.97. The monoisotopic (exact) mass is 555 g/mol. The van der Waals surface area contributed by atoms with Gasteiger partial charge in [-0.3, -0.25) is 0 Å². The van der Waals surface area contributed by atoms with E-state index in [1.54, 1.807) is 17.7 Å². The van der Waals surface area contributed by atoms with Crippen molar-refractivity contribution in [3.8, 4) is 5.75 Å². The zero-order chi connectivity index (χ0) is 27.3. The largest absolute Gasteiger partial charge is 0.484 e. The Kier molecular flexibility index (Phi) is 6.88. The standard InChI is InChI=1S/C22H23F6N3O5S/c1-12-7-19(31(29-12)13-3-2-4-13)30-10-15(9-17(30)20(32)33)37(34,35)18-6-5-14(36-11-21(23,24)25)8-16(18)22(26,27)28/h5-8,13,15,17H,2-4,9-11H2,1H3,(H,32,33)/t15-,17-/m1/s1. The van der Waals surface area contributed by atoms with E-state index in [-0.39, 0.29) is 12.1 Å². The van der Waals surface area contributed by atoms with Crippen LogP contribution in [-0.4, -0.2) is 59.9 Å². The van der Waals surface area contributed by atoms with Crippen LogP contribution in [0.3, 0.4) is 0 Å². The number of halogens is 6. The second kappa shape index (κ2) is 9.40. The number of aromatic nitrogens is 2. The molecular formula is C22H23F6N3O5S. The van der Waals surface area contributed by atoms with Gasteiger partial charge in [-0.05, 0) is 50.8 Å². The van der Waals surface area contributed by atoms with Crippen molar-refractivity contribution in [3.05, 3.63) is 35.5 Å². The molecule has 37 heavy (non-hydrogen) atoms. The van der Waals surface area contributed by atoms with Crippen molar-refractivity contribution in [3.63, 3.8) is 0 Å². The maximum absolute atomic E-state index is 13.8. The number of carboxylic acids is 1. The van der Waals surface area contributed by atoms with Gasteiger partial charge in [0.2, 0.25) is 0 Å². The number of ether oxygens (including phenoxy) is 1. The molecule has 8 nitrogen and oxygen atoms in total. The minimum Gasteiger partial charge on any atom is -0.484 e. The Labute approximate surface area is 207 Å². The van der Waals surface area contributed by atoms with E-state index in [0.717, 1.165) is 19.3 Å². The van der Waals surface area contributed by atoms with Gasteiger partial charge in [0, 0.05) is 12.6 Å². The molecule has 1 aromatic carbocycles. The third-order valence-electron chi connectivity index (χ3n) is 6.51. The molecular weight excluding hydrogens is 532 g/mol. The predicted octanol–water partition coefficient (Wildman–Crippen LogP) is 4.38. The van der Waals surface area contributed by atoms with Crippen molar-refractivity contribution in [2.24, 2.45) is 0 Å². The average molecular weight is 555 g/mol. The summed E-state index contributed by atoms with van der Waals surface area (Å²) >= 11 is 0. The molecule has 2 heterocycles. The first-order valence-corrected chi connectivity index (χ1v) is 12.8. The number of aryl methyl sites for hydroxylation is 1. The molecule has 204 valence electrons. The number of hydrogen-bond donors (Lipinski definition) is 1. The first kappa shape index (κ1) is 27.1. The third-order valence-corrected chi connectivity index (χ3v) is 8.69. The number of hydrogen-bond acceptors (Lipinski definition) is 6. The van der Waals surface area contributed by atoms with Gasteiger partial charge in [-0.15, -0.1) is 0 Å². The van der Waals surface area contributed by atoms with Gasteiger partial charge in [-0.2, -0.15) is 31.4 Å². The van der Waals surface area contributed by atoms with Crippen LogP contribution in [0.5, 0.6) is 5.75 Å². The maximum atomic E-state index is 13.8. The van der Waals surface area contributed by atoms with Crippen LogP contribution in [0.25, 0.3) is 0 Å². The number of sulfone groups is 1. The van der Waals surface area contributed by atoms with Gasteiger partial charge in [0.25, 0.3) is 0 Å². The fourth-order valence-corrected chi connectivity index (χ4v) is 6.43. The minimum absolute atomic E-state index is 0.00915. The number of rotatable bonds is 7. The summed E-state index contributed by atoms with van der Waals surface area (Å²) in [6.07, 6.45) is -7.98. The average Bonchev–Trinajstić information content (AvgIpc) is 3.34. The van der Waals surface area contributed by atoms with E-state index in [9.17, 15) is 44.7 Å². The van der Waals surface area contributed by atoms with Crippen molar-refractivity contribution in [1.29, 1.82) is 0 Å². The molecule has 15 heteroatoms. The van der Waals surface area contributed by atoms with Gasteiger partial charge in [0.05, 0.1) is 27.4 Å². The fraction of sp³-hybridized carbons (Fsp3) is 0.545. The van der Waals surface area contributed by atoms with Crippen LogP contribution in [0.15, 0.2) is 29.2 Å². The molecule has 2 fully saturated rings. The highest BCUT2D eigenvalue weighted by atomic mass is 32.2. The Morgan fingerprint density at radius 1 is 1.16 bits per heavy atom. The van der Waals surface area contributed by atoms with Crippen molar-refractivity contribution >= 4 is 21.6 Å². The van der Waals surface area contributed by atoms with E-state index in [2.05, 4.69) is 9.84 Å². The van der Waals surface area contributed by atoms with Crippen LogP contribution < -0.4 is 9.64 Å². The first-order valence-electron chi connectivity index (χ1n) is 11.3. The normalized spacial score (nSPS) is 21.2. The summed E-state index contributed by atoms with van der Waals surface area (Å²) in [5, 5.41) is 12.7. The van der Waals surface area contributed by atoms with Crippen molar-refractivity contribution in [1.82, 2.24) is 9.78 Å². The molecule has 1 saturated heterocycles. The Balaban J connectivity index is 1.69. The Morgan fingerprint density at radius 3 is 2.38 bits per heavy atom. The van der Waals surface area contributed by atoms with Gasteiger partial charge in [-0.1, -0.05) is 0 Å². The number of benzene rings is 1. The minimum atomic E-state index is -5.23. The second-order valence-electron chi connectivity index (χ2n) is 9.14. The van der Waals surface area contributed by atoms with E-state index in [0.29, 0.717) is 23.6 Å². The van der Waals surface area contributed by atoms with Crippen molar-refractivity contribution in [2.75, 3.05) is 18.1 Å². The number of carboxylic acid groups (broad SMARTS) is 1. The molecule has 1 aliphatic carbocycles. The lowest BCUT2D eigenvalue weighted by atomic mass is 9.93. The SMILES string of the molecule is Cc1cc(N2C[C@H](S(=O)(=O)c3ccc(OCC(F)(F)F)cc3C(F)(F)F)C[C@@H]2C(=O)O)n(C2CCC2)n1. The molecule has 2 aliphatic rings. The highest BCUT2D eigenvalue weighted by molar-refractivity contribution is 7.92. The molecule has 1 aromatic heterocycles. The summed E-state index contributed by atoms with van der Waals surface area (Å²) < 4.78 is 111. The molecule has 4 rings (SSSR count). The van der Waals surface area contributed by atoms with Crippen molar-refractivity contribution in [2.45, 2.75) is 67.2 Å². The second-order valence-corrected chi connectivity index (χ2v) is 11.3. The van der Waals surface area contributed by atoms with Gasteiger partial charge in [0.15, 0.2) is 16.4 Å². The van der Waals surface area contributed by atoms with Crippen LogP contribution >= 0.6 is 0 Å². The van der Waals surface area contributed by atoms with Gasteiger partial charge in [-0.25, -0.2) is 17.9 Å². The zero-order valence-corrected chi connectivity index (χ0v) is 20.2. The lowest BCUT2D eigenvalue weighted by molar-refractivity contribution is -0.153. The number of alkyl halides is 6. The summed E-state index contributed by atoms with van der Waals surface area (Å²) in [6.45, 7) is -0.570. The lowest BCUT2D eigenvalue weighted by Gasteiger charge is -2.31. The molecule has 0 bridgehead atoms. The van der Waals surface area contributed by atoms with Crippen LogP contribution in [0.4, 0.5) is 32.2 Å². The fourth-order valence-electron chi connectivity index (χ4n) is 4.54. The maximum Gasteiger partial charge on any atom is 0.422 e. The quantitative estimate of drug-likeness (QED) is 0.506. The zero-order valence-electron chi connectivity index (χ0n) is 19.4. The summed E-state index contributed by atoms with van der Waals surface area (Å²) in [4.78, 5) is 12.2. The number of anilines is 1. The van der Waals surface area contributed by atoms with Crippen molar-refractivity contribution < 1.29 is 49.4 Å². The highest BCUT2D eigenvalue weighted by Crippen LogP contribution is 2.42. The molecule has 2 atom stereocenters. The topological polar surface area (TPSA) is 102 Å². The van der Waals surface area contributed by atoms with E-state index < -0.39 is 75.2 Å². The number of carbonyl (C=O) groups is 1. The molecule has 2 aromatic rings. The summed E-state index contributed by atoms with van der Waals surface area (Å²) in [5.74, 6) is -1.78. The van der Waals surface area contributed by atoms with Gasteiger partial charge >= 0.3 is 18.3 Å². The molecule has 0 spiro atoms. The summed E-state index contributed by atoms with van der Waals surface area (Å²) in [7, 11) is -4.77. The molecule has 0 amide bonds.